The van der Waals surface area contributed by atoms with Crippen LogP contribution < -0.4 is 9.62 Å². The molecule has 0 saturated carbocycles. The zero-order chi connectivity index (χ0) is 17.5. The Bertz CT molecular complexity index is 911. The quantitative estimate of drug-likeness (QED) is 0.907. The molecule has 126 valence electrons. The largest absolute Gasteiger partial charge is 0.312 e. The fraction of sp³-hybridized carbons (Fsp3) is 0.250. The Labute approximate surface area is 145 Å². The number of carbonyl (C=O) groups excluding carboxylic acids is 1. The number of nitrogens with zero attached hydrogens (tertiary/aromatic N) is 2. The molecule has 1 aromatic heterocycles. The molecule has 1 aliphatic heterocycles. The van der Waals surface area contributed by atoms with Gasteiger partial charge in [0.15, 0.2) is 0 Å². The van der Waals surface area contributed by atoms with Crippen LogP contribution in [0.4, 0.5) is 11.5 Å². The maximum absolute atomic E-state index is 12.6. The summed E-state index contributed by atoms with van der Waals surface area (Å²) in [7, 11) is -3.91. The molecule has 1 aliphatic rings. The van der Waals surface area contributed by atoms with Gasteiger partial charge < -0.3 is 4.90 Å². The Kier molecular flexibility index (Phi) is 4.23. The van der Waals surface area contributed by atoms with Crippen LogP contribution in [0.5, 0.6) is 0 Å². The number of sulfonamides is 1. The summed E-state index contributed by atoms with van der Waals surface area (Å²) < 4.78 is 27.7. The molecule has 0 aliphatic carbocycles. The average Bonchev–Trinajstić information content (AvgIpc) is 2.91. The Morgan fingerprint density at radius 1 is 1.33 bits per heavy atom. The molecule has 0 saturated heterocycles. The number of pyridine rings is 1. The number of amides is 1. The number of carbonyl (C=O) groups is 1. The van der Waals surface area contributed by atoms with Gasteiger partial charge in [-0.3, -0.25) is 9.52 Å². The molecule has 2 heterocycles. The minimum Gasteiger partial charge on any atom is -0.312 e. The first-order chi connectivity index (χ1) is 11.3. The zero-order valence-electron chi connectivity index (χ0n) is 13.2. The van der Waals surface area contributed by atoms with Gasteiger partial charge in [0.2, 0.25) is 5.91 Å². The summed E-state index contributed by atoms with van der Waals surface area (Å²) in [6, 6.07) is 6.39. The molecule has 1 amide bonds. The normalized spacial score (nSPS) is 13.7. The Hall–Kier alpha value is -2.12. The molecular weight excluding hydrogens is 350 g/mol. The smallest absolute Gasteiger partial charge is 0.264 e. The van der Waals surface area contributed by atoms with Crippen molar-refractivity contribution in [3.8, 4) is 0 Å². The van der Waals surface area contributed by atoms with Crippen LogP contribution in [0.1, 0.15) is 18.1 Å². The maximum atomic E-state index is 12.6. The second-order valence-corrected chi connectivity index (χ2v) is 7.72. The van der Waals surface area contributed by atoms with Crippen LogP contribution in [0.3, 0.4) is 0 Å². The van der Waals surface area contributed by atoms with E-state index in [2.05, 4.69) is 9.71 Å². The highest BCUT2D eigenvalue weighted by atomic mass is 35.5. The molecule has 0 atom stereocenters. The Morgan fingerprint density at radius 3 is 2.71 bits per heavy atom. The predicted molar refractivity (Wildman–Crippen MR) is 93.0 cm³/mol. The van der Waals surface area contributed by atoms with E-state index >= 15 is 0 Å². The number of nitrogens with one attached hydrogen (secondary N) is 1. The lowest BCUT2D eigenvalue weighted by atomic mass is 10.2. The third-order valence-corrected chi connectivity index (χ3v) is 5.67. The van der Waals surface area contributed by atoms with E-state index in [0.29, 0.717) is 18.7 Å². The minimum atomic E-state index is -3.91. The zero-order valence-corrected chi connectivity index (χ0v) is 14.8. The maximum Gasteiger partial charge on any atom is 0.264 e. The van der Waals surface area contributed by atoms with Crippen molar-refractivity contribution in [3.63, 3.8) is 0 Å². The second-order valence-electron chi connectivity index (χ2n) is 5.66. The molecule has 24 heavy (non-hydrogen) atoms. The van der Waals surface area contributed by atoms with E-state index in [-0.39, 0.29) is 21.6 Å². The van der Waals surface area contributed by atoms with E-state index < -0.39 is 10.0 Å². The van der Waals surface area contributed by atoms with Crippen LogP contribution in [0.25, 0.3) is 0 Å². The van der Waals surface area contributed by atoms with Crippen molar-refractivity contribution in [2.24, 2.45) is 0 Å². The highest BCUT2D eigenvalue weighted by molar-refractivity contribution is 7.92. The number of aryl methyl sites for hydroxylation is 1. The summed E-state index contributed by atoms with van der Waals surface area (Å²) in [6.45, 7) is 3.84. The number of benzene rings is 1. The third kappa shape index (κ3) is 3.09. The average molecular weight is 366 g/mol. The number of aromatic nitrogens is 1. The third-order valence-electron chi connectivity index (χ3n) is 3.85. The first-order valence-corrected chi connectivity index (χ1v) is 9.20. The van der Waals surface area contributed by atoms with Gasteiger partial charge in [0.05, 0.1) is 5.02 Å². The molecule has 0 unspecified atom stereocenters. The molecule has 6 nitrogen and oxygen atoms in total. The summed E-state index contributed by atoms with van der Waals surface area (Å²) in [5.41, 5.74) is 2.37. The number of rotatable bonds is 3. The van der Waals surface area contributed by atoms with Gasteiger partial charge in [-0.15, -0.1) is 0 Å². The molecule has 0 fully saturated rings. The second kappa shape index (κ2) is 6.07. The summed E-state index contributed by atoms with van der Waals surface area (Å²) in [6.07, 6.45) is 2.22. The van der Waals surface area contributed by atoms with Crippen molar-refractivity contribution in [1.82, 2.24) is 4.98 Å². The number of hydrogen-bond donors (Lipinski definition) is 1. The topological polar surface area (TPSA) is 79.4 Å². The molecule has 8 heteroatoms. The number of halogens is 1. The number of hydrogen-bond acceptors (Lipinski definition) is 4. The van der Waals surface area contributed by atoms with Gasteiger partial charge in [-0.1, -0.05) is 17.7 Å². The predicted octanol–water partition coefficient (Wildman–Crippen LogP) is 2.75. The Balaban J connectivity index is 2.00. The molecule has 0 spiro atoms. The van der Waals surface area contributed by atoms with Crippen LogP contribution in [-0.4, -0.2) is 25.9 Å². The molecular formula is C16H16ClN3O3S. The van der Waals surface area contributed by atoms with Gasteiger partial charge in [0, 0.05) is 25.4 Å². The van der Waals surface area contributed by atoms with Gasteiger partial charge in [-0.2, -0.15) is 0 Å². The highest BCUT2D eigenvalue weighted by Crippen LogP contribution is 2.35. The standard InChI is InChI=1S/C16H16ClN3O3S/c1-10-3-4-16(18-9-10)19-24(22,23)15-8-14-12(7-13(15)17)5-6-20(14)11(2)21/h3-4,7-9H,5-6H2,1-2H3,(H,18,19). The van der Waals surface area contributed by atoms with Crippen LogP contribution in [-0.2, 0) is 21.2 Å². The van der Waals surface area contributed by atoms with Crippen molar-refractivity contribution in [2.75, 3.05) is 16.2 Å². The van der Waals surface area contributed by atoms with E-state index in [1.165, 1.54) is 13.0 Å². The molecule has 0 bridgehead atoms. The van der Waals surface area contributed by atoms with Crippen molar-refractivity contribution < 1.29 is 13.2 Å². The van der Waals surface area contributed by atoms with E-state index in [0.717, 1.165) is 11.1 Å². The van der Waals surface area contributed by atoms with E-state index in [4.69, 9.17) is 11.6 Å². The van der Waals surface area contributed by atoms with Crippen molar-refractivity contribution in [1.29, 1.82) is 0 Å². The van der Waals surface area contributed by atoms with Gasteiger partial charge in [-0.05, 0) is 42.7 Å². The van der Waals surface area contributed by atoms with Crippen LogP contribution >= 0.6 is 11.6 Å². The summed E-state index contributed by atoms with van der Waals surface area (Å²) in [5.74, 6) is 0.0770. The summed E-state index contributed by atoms with van der Waals surface area (Å²) >= 11 is 6.17. The fourth-order valence-corrected chi connectivity index (χ4v) is 4.22. The monoisotopic (exact) mass is 365 g/mol. The highest BCUT2D eigenvalue weighted by Gasteiger charge is 2.27. The van der Waals surface area contributed by atoms with Gasteiger partial charge >= 0.3 is 0 Å². The Morgan fingerprint density at radius 2 is 2.08 bits per heavy atom. The number of anilines is 2. The molecule has 0 radical (unpaired) electrons. The first-order valence-electron chi connectivity index (χ1n) is 7.34. The van der Waals surface area contributed by atoms with E-state index in [9.17, 15) is 13.2 Å². The minimum absolute atomic E-state index is 0.0709. The summed E-state index contributed by atoms with van der Waals surface area (Å²) in [4.78, 5) is 17.2. The SMILES string of the molecule is CC(=O)N1CCc2cc(Cl)c(S(=O)(=O)Nc3ccc(C)cn3)cc21. The molecule has 3 rings (SSSR count). The molecule has 1 aromatic carbocycles. The lowest BCUT2D eigenvalue weighted by Crippen LogP contribution is -2.26. The van der Waals surface area contributed by atoms with Gasteiger partial charge in [0.25, 0.3) is 10.0 Å². The van der Waals surface area contributed by atoms with Crippen molar-refractivity contribution in [2.45, 2.75) is 25.2 Å². The van der Waals surface area contributed by atoms with E-state index in [1.807, 2.05) is 6.92 Å². The lowest BCUT2D eigenvalue weighted by Gasteiger charge is -2.16. The van der Waals surface area contributed by atoms with Gasteiger partial charge in [0.1, 0.15) is 10.7 Å². The van der Waals surface area contributed by atoms with Crippen LogP contribution in [0, 0.1) is 6.92 Å². The molecule has 1 N–H and O–H groups in total. The van der Waals surface area contributed by atoms with Crippen molar-refractivity contribution >= 4 is 39.0 Å². The van der Waals surface area contributed by atoms with Crippen LogP contribution in [0.15, 0.2) is 35.4 Å². The summed E-state index contributed by atoms with van der Waals surface area (Å²) in [5, 5.41) is 0.124. The van der Waals surface area contributed by atoms with Crippen molar-refractivity contribution in [3.05, 3.63) is 46.6 Å². The first kappa shape index (κ1) is 16.7. The van der Waals surface area contributed by atoms with E-state index in [1.54, 1.807) is 29.3 Å². The van der Waals surface area contributed by atoms with Crippen LogP contribution in [0.2, 0.25) is 5.02 Å². The fourth-order valence-electron chi connectivity index (χ4n) is 2.64. The van der Waals surface area contributed by atoms with Gasteiger partial charge in [-0.25, -0.2) is 13.4 Å². The lowest BCUT2D eigenvalue weighted by molar-refractivity contribution is -0.116. The number of fused-ring (bicyclic) bond motifs is 1. The molecule has 2 aromatic rings.